The van der Waals surface area contributed by atoms with Crippen molar-refractivity contribution in [3.63, 3.8) is 0 Å². The summed E-state index contributed by atoms with van der Waals surface area (Å²) in [6.45, 7) is 0.907. The monoisotopic (exact) mass is 285 g/mol. The van der Waals surface area contributed by atoms with Crippen LogP contribution in [0.4, 0.5) is 0 Å². The van der Waals surface area contributed by atoms with Crippen LogP contribution in [-0.2, 0) is 6.42 Å². The summed E-state index contributed by atoms with van der Waals surface area (Å²) in [6.07, 6.45) is 1.67. The van der Waals surface area contributed by atoms with Gasteiger partial charge in [-0.3, -0.25) is 0 Å². The van der Waals surface area contributed by atoms with Gasteiger partial charge in [-0.1, -0.05) is 29.3 Å². The van der Waals surface area contributed by atoms with Crippen molar-refractivity contribution in [3.8, 4) is 11.5 Å². The number of aromatic nitrogens is 2. The third-order valence-corrected chi connectivity index (χ3v) is 3.09. The maximum absolute atomic E-state index is 6.08. The standard InChI is InChI=1S/C12H13Cl2N3O/c1-15-7-3-6-10-16-17-12(18-10)11-8(13)4-2-5-9(11)14/h2,4-5,15H,3,6-7H2,1H3. The summed E-state index contributed by atoms with van der Waals surface area (Å²) in [5, 5.41) is 12.0. The van der Waals surface area contributed by atoms with Gasteiger partial charge < -0.3 is 9.73 Å². The van der Waals surface area contributed by atoms with Gasteiger partial charge in [0.15, 0.2) is 0 Å². The van der Waals surface area contributed by atoms with E-state index in [2.05, 4.69) is 15.5 Å². The molecule has 0 bridgehead atoms. The zero-order chi connectivity index (χ0) is 13.0. The van der Waals surface area contributed by atoms with Gasteiger partial charge in [0.1, 0.15) is 0 Å². The fraction of sp³-hybridized carbons (Fsp3) is 0.333. The van der Waals surface area contributed by atoms with Crippen molar-refractivity contribution in [2.24, 2.45) is 0 Å². The van der Waals surface area contributed by atoms with Crippen molar-refractivity contribution < 1.29 is 4.42 Å². The van der Waals surface area contributed by atoms with Gasteiger partial charge in [0.05, 0.1) is 15.6 Å². The second-order valence-electron chi connectivity index (χ2n) is 3.80. The van der Waals surface area contributed by atoms with E-state index in [-0.39, 0.29) is 0 Å². The molecule has 0 amide bonds. The number of hydrogen-bond donors (Lipinski definition) is 1. The molecule has 2 aromatic rings. The van der Waals surface area contributed by atoms with Gasteiger partial charge in [0, 0.05) is 6.42 Å². The van der Waals surface area contributed by atoms with Crippen LogP contribution in [0.15, 0.2) is 22.6 Å². The Morgan fingerprint density at radius 2 is 1.94 bits per heavy atom. The fourth-order valence-electron chi connectivity index (χ4n) is 1.57. The van der Waals surface area contributed by atoms with Gasteiger partial charge in [-0.05, 0) is 32.1 Å². The van der Waals surface area contributed by atoms with Crippen LogP contribution in [0, 0.1) is 0 Å². The number of halogens is 2. The molecule has 0 atom stereocenters. The third kappa shape index (κ3) is 3.02. The number of aryl methyl sites for hydroxylation is 1. The van der Waals surface area contributed by atoms with Crippen LogP contribution in [-0.4, -0.2) is 23.8 Å². The molecule has 1 aromatic heterocycles. The lowest BCUT2D eigenvalue weighted by atomic mass is 10.2. The molecule has 18 heavy (non-hydrogen) atoms. The maximum Gasteiger partial charge on any atom is 0.250 e. The van der Waals surface area contributed by atoms with Crippen LogP contribution in [0.1, 0.15) is 12.3 Å². The van der Waals surface area contributed by atoms with Crippen molar-refractivity contribution >= 4 is 23.2 Å². The van der Waals surface area contributed by atoms with E-state index < -0.39 is 0 Å². The van der Waals surface area contributed by atoms with E-state index in [9.17, 15) is 0 Å². The molecular weight excluding hydrogens is 273 g/mol. The molecule has 1 N–H and O–H groups in total. The zero-order valence-electron chi connectivity index (χ0n) is 9.91. The van der Waals surface area contributed by atoms with E-state index in [4.69, 9.17) is 27.6 Å². The average molecular weight is 286 g/mol. The zero-order valence-corrected chi connectivity index (χ0v) is 11.4. The third-order valence-electron chi connectivity index (χ3n) is 2.46. The molecule has 0 aliphatic heterocycles. The molecule has 0 fully saturated rings. The summed E-state index contributed by atoms with van der Waals surface area (Å²) in [4.78, 5) is 0. The number of rotatable bonds is 5. The number of nitrogens with one attached hydrogen (secondary N) is 1. The minimum atomic E-state index is 0.366. The molecule has 0 spiro atoms. The molecule has 4 nitrogen and oxygen atoms in total. The second kappa shape index (κ2) is 6.18. The topological polar surface area (TPSA) is 51.0 Å². The second-order valence-corrected chi connectivity index (χ2v) is 4.62. The highest BCUT2D eigenvalue weighted by atomic mass is 35.5. The number of nitrogens with zero attached hydrogens (tertiary/aromatic N) is 2. The Morgan fingerprint density at radius 1 is 1.22 bits per heavy atom. The first-order chi connectivity index (χ1) is 8.72. The molecule has 0 saturated carbocycles. The van der Waals surface area contributed by atoms with Gasteiger partial charge in [-0.15, -0.1) is 10.2 Å². The lowest BCUT2D eigenvalue weighted by Gasteiger charge is -2.00. The van der Waals surface area contributed by atoms with Crippen LogP contribution < -0.4 is 5.32 Å². The van der Waals surface area contributed by atoms with E-state index in [1.807, 2.05) is 7.05 Å². The van der Waals surface area contributed by atoms with Crippen molar-refractivity contribution in [2.45, 2.75) is 12.8 Å². The van der Waals surface area contributed by atoms with Crippen LogP contribution in [0.3, 0.4) is 0 Å². The molecular formula is C12H13Cl2N3O. The fourth-order valence-corrected chi connectivity index (χ4v) is 2.13. The van der Waals surface area contributed by atoms with Gasteiger partial charge in [-0.2, -0.15) is 0 Å². The van der Waals surface area contributed by atoms with Crippen LogP contribution in [0.25, 0.3) is 11.5 Å². The molecule has 0 aliphatic carbocycles. The molecule has 0 unspecified atom stereocenters. The molecule has 2 rings (SSSR count). The highest BCUT2D eigenvalue weighted by Crippen LogP contribution is 2.33. The van der Waals surface area contributed by atoms with Gasteiger partial charge in [0.2, 0.25) is 5.89 Å². The van der Waals surface area contributed by atoms with Crippen LogP contribution in [0.2, 0.25) is 10.0 Å². The van der Waals surface area contributed by atoms with Gasteiger partial charge >= 0.3 is 0 Å². The molecule has 0 radical (unpaired) electrons. The number of hydrogen-bond acceptors (Lipinski definition) is 4. The van der Waals surface area contributed by atoms with Crippen LogP contribution >= 0.6 is 23.2 Å². The SMILES string of the molecule is CNCCCc1nnc(-c2c(Cl)cccc2Cl)o1. The summed E-state index contributed by atoms with van der Waals surface area (Å²) < 4.78 is 5.56. The average Bonchev–Trinajstić information content (AvgIpc) is 2.78. The Balaban J connectivity index is 2.19. The lowest BCUT2D eigenvalue weighted by molar-refractivity contribution is 0.495. The van der Waals surface area contributed by atoms with E-state index in [1.54, 1.807) is 18.2 Å². The van der Waals surface area contributed by atoms with Gasteiger partial charge in [0.25, 0.3) is 5.89 Å². The largest absolute Gasteiger partial charge is 0.421 e. The van der Waals surface area contributed by atoms with Crippen molar-refractivity contribution in [1.82, 2.24) is 15.5 Å². The quantitative estimate of drug-likeness (QED) is 0.858. The van der Waals surface area contributed by atoms with E-state index >= 15 is 0 Å². The minimum Gasteiger partial charge on any atom is -0.421 e. The van der Waals surface area contributed by atoms with Crippen molar-refractivity contribution in [3.05, 3.63) is 34.1 Å². The van der Waals surface area contributed by atoms with Crippen molar-refractivity contribution in [2.75, 3.05) is 13.6 Å². The maximum atomic E-state index is 6.08. The van der Waals surface area contributed by atoms with Gasteiger partial charge in [-0.25, -0.2) is 0 Å². The minimum absolute atomic E-state index is 0.366. The summed E-state index contributed by atoms with van der Waals surface area (Å²) >= 11 is 12.2. The predicted molar refractivity (Wildman–Crippen MR) is 72.0 cm³/mol. The Bertz CT molecular complexity index is 508. The summed E-state index contributed by atoms with van der Waals surface area (Å²) in [5.41, 5.74) is 0.591. The number of benzene rings is 1. The summed E-state index contributed by atoms with van der Waals surface area (Å²) in [5.74, 6) is 0.960. The first kappa shape index (κ1) is 13.3. The highest BCUT2D eigenvalue weighted by molar-refractivity contribution is 6.38. The summed E-state index contributed by atoms with van der Waals surface area (Å²) in [7, 11) is 1.91. The van der Waals surface area contributed by atoms with Crippen molar-refractivity contribution in [1.29, 1.82) is 0 Å². The predicted octanol–water partition coefficient (Wildman–Crippen LogP) is 3.20. The molecule has 6 heteroatoms. The first-order valence-electron chi connectivity index (χ1n) is 5.63. The van der Waals surface area contributed by atoms with E-state index in [0.717, 1.165) is 19.4 Å². The first-order valence-corrected chi connectivity index (χ1v) is 6.39. The Kier molecular flexibility index (Phi) is 4.58. The van der Waals surface area contributed by atoms with Crippen LogP contribution in [0.5, 0.6) is 0 Å². The summed E-state index contributed by atoms with van der Waals surface area (Å²) in [6, 6.07) is 5.26. The molecule has 0 saturated heterocycles. The highest BCUT2D eigenvalue weighted by Gasteiger charge is 2.15. The Hall–Kier alpha value is -1.10. The molecule has 1 heterocycles. The van der Waals surface area contributed by atoms with E-state index in [0.29, 0.717) is 27.4 Å². The lowest BCUT2D eigenvalue weighted by Crippen LogP contribution is -2.08. The smallest absolute Gasteiger partial charge is 0.250 e. The Labute approximate surface area is 115 Å². The molecule has 96 valence electrons. The molecule has 0 aliphatic rings. The Morgan fingerprint density at radius 3 is 2.61 bits per heavy atom. The normalized spacial score (nSPS) is 10.8. The molecule has 1 aromatic carbocycles. The van der Waals surface area contributed by atoms with E-state index in [1.165, 1.54) is 0 Å².